The Morgan fingerprint density at radius 2 is 2.06 bits per heavy atom. The Morgan fingerprint density at radius 3 is 2.76 bits per heavy atom. The zero-order valence-electron chi connectivity index (χ0n) is 10.3. The van der Waals surface area contributed by atoms with Gasteiger partial charge in [0.15, 0.2) is 0 Å². The molecule has 2 rings (SSSR count). The van der Waals surface area contributed by atoms with Gasteiger partial charge in [0.1, 0.15) is 6.54 Å². The van der Waals surface area contributed by atoms with Crippen LogP contribution in [0.5, 0.6) is 0 Å². The molecule has 0 unspecified atom stereocenters. The molecule has 0 saturated carbocycles. The maximum Gasteiger partial charge on any atom is 0.101 e. The van der Waals surface area contributed by atoms with Gasteiger partial charge in [0.05, 0.1) is 12.9 Å². The number of rotatable bonds is 6. The summed E-state index contributed by atoms with van der Waals surface area (Å²) in [7, 11) is 0. The van der Waals surface area contributed by atoms with Crippen LogP contribution in [0.2, 0.25) is 0 Å². The van der Waals surface area contributed by atoms with E-state index in [1.807, 2.05) is 18.7 Å². The van der Waals surface area contributed by atoms with E-state index < -0.39 is 0 Å². The standard InChI is InChI=1S/C14H19N3/c1-13-3-5-14(6-4-13)11-15-7-2-9-17-10-8-16-12-17/h3-6,8,10,12,15H,2,7,9,11H2,1H3/p+1. The van der Waals surface area contributed by atoms with Crippen molar-refractivity contribution in [2.75, 3.05) is 6.54 Å². The van der Waals surface area contributed by atoms with E-state index in [4.69, 9.17) is 0 Å². The van der Waals surface area contributed by atoms with Crippen LogP contribution in [0, 0.1) is 6.92 Å². The average Bonchev–Trinajstić information content (AvgIpc) is 2.84. The number of aryl methyl sites for hydroxylation is 2. The van der Waals surface area contributed by atoms with Crippen molar-refractivity contribution in [1.29, 1.82) is 0 Å². The maximum absolute atomic E-state index is 4.03. The van der Waals surface area contributed by atoms with Crippen LogP contribution in [0.15, 0.2) is 43.0 Å². The second-order valence-corrected chi connectivity index (χ2v) is 4.42. The monoisotopic (exact) mass is 230 g/mol. The first kappa shape index (κ1) is 11.9. The van der Waals surface area contributed by atoms with E-state index in [0.29, 0.717) is 0 Å². The average molecular weight is 230 g/mol. The van der Waals surface area contributed by atoms with Crippen LogP contribution >= 0.6 is 0 Å². The van der Waals surface area contributed by atoms with E-state index in [-0.39, 0.29) is 0 Å². The normalized spacial score (nSPS) is 10.6. The number of imidazole rings is 1. The number of hydrogen-bond donors (Lipinski definition) is 1. The molecule has 2 N–H and O–H groups in total. The minimum Gasteiger partial charge on any atom is -0.342 e. The Balaban J connectivity index is 1.61. The first-order valence-electron chi connectivity index (χ1n) is 6.17. The molecule has 0 saturated heterocycles. The lowest BCUT2D eigenvalue weighted by Crippen LogP contribution is -2.82. The molecule has 0 atom stereocenters. The van der Waals surface area contributed by atoms with Gasteiger partial charge in [-0.15, -0.1) is 0 Å². The third kappa shape index (κ3) is 4.04. The second-order valence-electron chi connectivity index (χ2n) is 4.42. The van der Waals surface area contributed by atoms with E-state index in [2.05, 4.69) is 46.1 Å². The van der Waals surface area contributed by atoms with Crippen LogP contribution in [-0.2, 0) is 13.1 Å². The van der Waals surface area contributed by atoms with Crippen molar-refractivity contribution in [3.05, 3.63) is 54.1 Å². The van der Waals surface area contributed by atoms with Gasteiger partial charge in [-0.25, -0.2) is 4.98 Å². The van der Waals surface area contributed by atoms with Crippen LogP contribution in [0.25, 0.3) is 0 Å². The van der Waals surface area contributed by atoms with Gasteiger partial charge in [-0.1, -0.05) is 29.8 Å². The maximum atomic E-state index is 4.03. The van der Waals surface area contributed by atoms with Crippen LogP contribution < -0.4 is 5.32 Å². The van der Waals surface area contributed by atoms with Crippen molar-refractivity contribution in [1.82, 2.24) is 9.55 Å². The van der Waals surface area contributed by atoms with Crippen molar-refractivity contribution < 1.29 is 5.32 Å². The van der Waals surface area contributed by atoms with E-state index in [0.717, 1.165) is 19.6 Å². The third-order valence-electron chi connectivity index (χ3n) is 2.88. The number of nitrogens with zero attached hydrogens (tertiary/aromatic N) is 2. The van der Waals surface area contributed by atoms with Gasteiger partial charge < -0.3 is 9.88 Å². The lowest BCUT2D eigenvalue weighted by atomic mass is 10.1. The van der Waals surface area contributed by atoms with E-state index in [1.54, 1.807) is 0 Å². The Bertz CT molecular complexity index is 417. The van der Waals surface area contributed by atoms with Crippen molar-refractivity contribution >= 4 is 0 Å². The van der Waals surface area contributed by atoms with Crippen LogP contribution in [0.3, 0.4) is 0 Å². The van der Waals surface area contributed by atoms with Crippen molar-refractivity contribution in [3.63, 3.8) is 0 Å². The molecule has 2 aromatic rings. The van der Waals surface area contributed by atoms with Gasteiger partial charge in [-0.2, -0.15) is 0 Å². The third-order valence-corrected chi connectivity index (χ3v) is 2.88. The summed E-state index contributed by atoms with van der Waals surface area (Å²) < 4.78 is 2.12. The highest BCUT2D eigenvalue weighted by molar-refractivity contribution is 5.20. The molecule has 0 spiro atoms. The summed E-state index contributed by atoms with van der Waals surface area (Å²) in [5.41, 5.74) is 2.73. The number of aromatic nitrogens is 2. The molecule has 17 heavy (non-hydrogen) atoms. The Hall–Kier alpha value is -1.61. The Labute approximate surface area is 103 Å². The molecular weight excluding hydrogens is 210 g/mol. The second kappa shape index (κ2) is 6.21. The molecule has 0 aliphatic heterocycles. The zero-order valence-corrected chi connectivity index (χ0v) is 10.3. The zero-order chi connectivity index (χ0) is 11.9. The number of hydrogen-bond acceptors (Lipinski definition) is 1. The Kier molecular flexibility index (Phi) is 4.33. The summed E-state index contributed by atoms with van der Waals surface area (Å²) in [6.45, 7) is 5.42. The quantitative estimate of drug-likeness (QED) is 0.747. The van der Waals surface area contributed by atoms with Crippen LogP contribution in [0.4, 0.5) is 0 Å². The highest BCUT2D eigenvalue weighted by atomic mass is 15.0. The van der Waals surface area contributed by atoms with E-state index in [9.17, 15) is 0 Å². The first-order chi connectivity index (χ1) is 8.34. The van der Waals surface area contributed by atoms with Gasteiger partial charge >= 0.3 is 0 Å². The summed E-state index contributed by atoms with van der Waals surface area (Å²) >= 11 is 0. The minimum atomic E-state index is 1.06. The summed E-state index contributed by atoms with van der Waals surface area (Å²) in [6.07, 6.45) is 6.90. The van der Waals surface area contributed by atoms with Gasteiger partial charge in [0.2, 0.25) is 0 Å². The van der Waals surface area contributed by atoms with Crippen LogP contribution in [-0.4, -0.2) is 16.1 Å². The summed E-state index contributed by atoms with van der Waals surface area (Å²) in [4.78, 5) is 4.03. The predicted molar refractivity (Wildman–Crippen MR) is 68.5 cm³/mol. The highest BCUT2D eigenvalue weighted by Crippen LogP contribution is 2.00. The summed E-state index contributed by atoms with van der Waals surface area (Å²) in [6, 6.07) is 8.77. The molecule has 0 fully saturated rings. The minimum absolute atomic E-state index is 1.06. The molecule has 3 heteroatoms. The fraction of sp³-hybridized carbons (Fsp3) is 0.357. The predicted octanol–water partition coefficient (Wildman–Crippen LogP) is 1.35. The van der Waals surface area contributed by atoms with Crippen molar-refractivity contribution in [2.45, 2.75) is 26.4 Å². The van der Waals surface area contributed by atoms with E-state index >= 15 is 0 Å². The molecular formula is C14H20N3+. The number of benzene rings is 1. The molecule has 1 aromatic carbocycles. The van der Waals surface area contributed by atoms with Crippen molar-refractivity contribution in [2.24, 2.45) is 0 Å². The summed E-state index contributed by atoms with van der Waals surface area (Å²) in [5.74, 6) is 0. The molecule has 1 aromatic heterocycles. The Morgan fingerprint density at radius 1 is 1.24 bits per heavy atom. The smallest absolute Gasteiger partial charge is 0.101 e. The van der Waals surface area contributed by atoms with Crippen molar-refractivity contribution in [3.8, 4) is 0 Å². The summed E-state index contributed by atoms with van der Waals surface area (Å²) in [5, 5.41) is 2.36. The van der Waals surface area contributed by atoms with Crippen LogP contribution in [0.1, 0.15) is 17.5 Å². The topological polar surface area (TPSA) is 34.4 Å². The largest absolute Gasteiger partial charge is 0.342 e. The lowest BCUT2D eigenvalue weighted by molar-refractivity contribution is -0.671. The number of quaternary nitrogens is 1. The lowest BCUT2D eigenvalue weighted by Gasteiger charge is -2.03. The van der Waals surface area contributed by atoms with E-state index in [1.165, 1.54) is 17.5 Å². The highest BCUT2D eigenvalue weighted by Gasteiger charge is 1.96. The molecule has 0 aliphatic rings. The molecule has 1 heterocycles. The molecule has 0 radical (unpaired) electrons. The molecule has 0 amide bonds. The SMILES string of the molecule is Cc1ccc(C[NH2+]CCCn2ccnc2)cc1. The molecule has 90 valence electrons. The van der Waals surface area contributed by atoms with Gasteiger partial charge in [-0.3, -0.25) is 0 Å². The van der Waals surface area contributed by atoms with Gasteiger partial charge in [0.25, 0.3) is 0 Å². The molecule has 3 nitrogen and oxygen atoms in total. The fourth-order valence-electron chi connectivity index (χ4n) is 1.83. The van der Waals surface area contributed by atoms with Gasteiger partial charge in [-0.05, 0) is 6.92 Å². The number of nitrogens with two attached hydrogens (primary N) is 1. The molecule has 0 aliphatic carbocycles. The first-order valence-corrected chi connectivity index (χ1v) is 6.17. The molecule has 0 bridgehead atoms. The van der Waals surface area contributed by atoms with Gasteiger partial charge in [0, 0.05) is 30.9 Å². The fourth-order valence-corrected chi connectivity index (χ4v) is 1.83.